The number of rotatable bonds is 7. The van der Waals surface area contributed by atoms with Gasteiger partial charge in [-0.3, -0.25) is 0 Å². The highest BCUT2D eigenvalue weighted by atomic mass is 32.2. The molecule has 0 spiro atoms. The first-order valence-corrected chi connectivity index (χ1v) is 9.75. The van der Waals surface area contributed by atoms with Gasteiger partial charge in [-0.25, -0.2) is 9.98 Å². The van der Waals surface area contributed by atoms with Crippen LogP contribution in [-0.4, -0.2) is 35.0 Å². The highest BCUT2D eigenvalue weighted by Gasteiger charge is 2.16. The second-order valence-electron chi connectivity index (χ2n) is 6.50. The van der Waals surface area contributed by atoms with Crippen LogP contribution in [0.5, 0.6) is 0 Å². The smallest absolute Gasteiger partial charge is 0.216 e. The lowest BCUT2D eigenvalue weighted by Gasteiger charge is -2.23. The summed E-state index contributed by atoms with van der Waals surface area (Å²) in [5.41, 5.74) is 2.25. The second kappa shape index (κ2) is 8.94. The van der Waals surface area contributed by atoms with Crippen LogP contribution in [-0.2, 0) is 6.54 Å². The van der Waals surface area contributed by atoms with Crippen molar-refractivity contribution in [2.75, 3.05) is 19.3 Å². The Labute approximate surface area is 154 Å². The molecule has 0 aliphatic rings. The fourth-order valence-electron chi connectivity index (χ4n) is 2.09. The number of aryl methyl sites for hydroxylation is 1. The highest BCUT2D eigenvalue weighted by molar-refractivity contribution is 7.99. The molecule has 0 atom stereocenters. The first-order valence-electron chi connectivity index (χ1n) is 8.52. The number of nitrogens with one attached hydrogen (secondary N) is 2. The van der Waals surface area contributed by atoms with Gasteiger partial charge in [0, 0.05) is 23.4 Å². The number of thioether (sulfide) groups is 1. The van der Waals surface area contributed by atoms with Crippen LogP contribution in [0.2, 0.25) is 0 Å². The van der Waals surface area contributed by atoms with Gasteiger partial charge >= 0.3 is 0 Å². The molecule has 0 amide bonds. The number of aromatic nitrogens is 1. The summed E-state index contributed by atoms with van der Waals surface area (Å²) in [7, 11) is 0. The van der Waals surface area contributed by atoms with Crippen LogP contribution in [0.3, 0.4) is 0 Å². The molecular weight excluding hydrogens is 332 g/mol. The van der Waals surface area contributed by atoms with Gasteiger partial charge in [-0.15, -0.1) is 0 Å². The molecule has 2 aromatic rings. The number of aliphatic imine (C=N–C) groups is 1. The van der Waals surface area contributed by atoms with E-state index in [1.54, 1.807) is 6.20 Å². The van der Waals surface area contributed by atoms with Crippen molar-refractivity contribution < 1.29 is 4.42 Å². The molecule has 25 heavy (non-hydrogen) atoms. The predicted octanol–water partition coefficient (Wildman–Crippen LogP) is 3.85. The van der Waals surface area contributed by atoms with E-state index >= 15 is 0 Å². The molecule has 2 N–H and O–H groups in total. The SMILES string of the molecule is CCNC(=NCc1ncc(-c2ccc(C)cc2)o1)NCC(C)(C)SC. The zero-order valence-corrected chi connectivity index (χ0v) is 16.5. The van der Waals surface area contributed by atoms with Gasteiger partial charge in [0.15, 0.2) is 11.7 Å². The van der Waals surface area contributed by atoms with Crippen molar-refractivity contribution in [1.29, 1.82) is 0 Å². The molecule has 0 unspecified atom stereocenters. The summed E-state index contributed by atoms with van der Waals surface area (Å²) in [6.07, 6.45) is 3.87. The van der Waals surface area contributed by atoms with Crippen LogP contribution >= 0.6 is 11.8 Å². The summed E-state index contributed by atoms with van der Waals surface area (Å²) in [4.78, 5) is 8.91. The van der Waals surface area contributed by atoms with E-state index in [0.717, 1.165) is 30.4 Å². The zero-order valence-electron chi connectivity index (χ0n) is 15.7. The van der Waals surface area contributed by atoms with E-state index < -0.39 is 0 Å². The number of hydrogen-bond acceptors (Lipinski definition) is 4. The molecule has 1 aromatic heterocycles. The molecule has 5 nitrogen and oxygen atoms in total. The molecule has 0 saturated heterocycles. The van der Waals surface area contributed by atoms with Crippen LogP contribution in [0.25, 0.3) is 11.3 Å². The van der Waals surface area contributed by atoms with E-state index in [9.17, 15) is 0 Å². The Morgan fingerprint density at radius 3 is 2.60 bits per heavy atom. The maximum Gasteiger partial charge on any atom is 0.216 e. The van der Waals surface area contributed by atoms with Crippen molar-refractivity contribution in [3.63, 3.8) is 0 Å². The average Bonchev–Trinajstić information content (AvgIpc) is 3.07. The van der Waals surface area contributed by atoms with Crippen LogP contribution in [0.1, 0.15) is 32.2 Å². The minimum Gasteiger partial charge on any atom is -0.439 e. The molecule has 0 aliphatic heterocycles. The number of guanidine groups is 1. The lowest BCUT2D eigenvalue weighted by molar-refractivity contribution is 0.509. The van der Waals surface area contributed by atoms with Crippen molar-refractivity contribution >= 4 is 17.7 Å². The summed E-state index contributed by atoms with van der Waals surface area (Å²) in [6, 6.07) is 8.21. The normalized spacial score (nSPS) is 12.3. The molecule has 0 saturated carbocycles. The zero-order chi connectivity index (χ0) is 18.3. The van der Waals surface area contributed by atoms with Crippen molar-refractivity contribution in [3.8, 4) is 11.3 Å². The van der Waals surface area contributed by atoms with Gasteiger partial charge in [0.05, 0.1) is 6.20 Å². The molecule has 1 heterocycles. The Bertz CT molecular complexity index is 692. The standard InChI is InChI=1S/C19H28N4OS/c1-6-20-18(23-13-19(3,4)25-5)22-12-17-21-11-16(24-17)15-9-7-14(2)8-10-15/h7-11H,6,12-13H2,1-5H3,(H2,20,22,23). The third-order valence-corrected chi connectivity index (χ3v) is 5.09. The lowest BCUT2D eigenvalue weighted by Crippen LogP contribution is -2.43. The summed E-state index contributed by atoms with van der Waals surface area (Å²) < 4.78 is 5.98. The van der Waals surface area contributed by atoms with E-state index in [4.69, 9.17) is 4.42 Å². The number of oxazole rings is 1. The topological polar surface area (TPSA) is 62.5 Å². The third kappa shape index (κ3) is 6.12. The first kappa shape index (κ1) is 19.4. The van der Waals surface area contributed by atoms with Crippen molar-refractivity contribution in [3.05, 3.63) is 41.9 Å². The van der Waals surface area contributed by atoms with Crippen molar-refractivity contribution in [2.24, 2.45) is 4.99 Å². The largest absolute Gasteiger partial charge is 0.439 e. The Morgan fingerprint density at radius 1 is 1.24 bits per heavy atom. The van der Waals surface area contributed by atoms with Crippen molar-refractivity contribution in [2.45, 2.75) is 39.0 Å². The molecule has 0 aliphatic carbocycles. The quantitative estimate of drug-likeness (QED) is 0.580. The predicted molar refractivity (Wildman–Crippen MR) is 107 cm³/mol. The minimum absolute atomic E-state index is 0.151. The summed E-state index contributed by atoms with van der Waals surface area (Å²) in [5, 5.41) is 6.63. The van der Waals surface area contributed by atoms with Crippen LogP contribution in [0, 0.1) is 6.92 Å². The fourth-order valence-corrected chi connectivity index (χ4v) is 2.31. The van der Waals surface area contributed by atoms with Gasteiger partial charge in [-0.05, 0) is 34.0 Å². The van der Waals surface area contributed by atoms with Gasteiger partial charge in [0.1, 0.15) is 6.54 Å². The number of hydrogen-bond donors (Lipinski definition) is 2. The Kier molecular flexibility index (Phi) is 6.93. The molecule has 2 rings (SSSR count). The van der Waals surface area contributed by atoms with Gasteiger partial charge < -0.3 is 15.1 Å². The Morgan fingerprint density at radius 2 is 1.96 bits per heavy atom. The molecular formula is C19H28N4OS. The maximum absolute atomic E-state index is 5.83. The molecule has 0 fully saturated rings. The third-order valence-electron chi connectivity index (χ3n) is 3.84. The van der Waals surface area contributed by atoms with Crippen LogP contribution in [0.15, 0.2) is 39.9 Å². The number of benzene rings is 1. The van der Waals surface area contributed by atoms with E-state index in [-0.39, 0.29) is 4.75 Å². The average molecular weight is 361 g/mol. The van der Waals surface area contributed by atoms with Gasteiger partial charge in [-0.2, -0.15) is 11.8 Å². The van der Waals surface area contributed by atoms with E-state index in [1.165, 1.54) is 5.56 Å². The summed E-state index contributed by atoms with van der Waals surface area (Å²) in [5.74, 6) is 2.16. The molecule has 0 bridgehead atoms. The fraction of sp³-hybridized carbons (Fsp3) is 0.474. The van der Waals surface area contributed by atoms with Crippen LogP contribution < -0.4 is 10.6 Å². The highest BCUT2D eigenvalue weighted by Crippen LogP contribution is 2.21. The van der Waals surface area contributed by atoms with E-state index in [1.807, 2.05) is 23.9 Å². The lowest BCUT2D eigenvalue weighted by atomic mass is 10.1. The second-order valence-corrected chi connectivity index (χ2v) is 8.01. The molecule has 136 valence electrons. The van der Waals surface area contributed by atoms with E-state index in [0.29, 0.717) is 12.4 Å². The Hall–Kier alpha value is -1.95. The van der Waals surface area contributed by atoms with Crippen molar-refractivity contribution in [1.82, 2.24) is 15.6 Å². The summed E-state index contributed by atoms with van der Waals surface area (Å²) in [6.45, 7) is 10.6. The van der Waals surface area contributed by atoms with Crippen LogP contribution in [0.4, 0.5) is 0 Å². The molecule has 0 radical (unpaired) electrons. The van der Waals surface area contributed by atoms with Gasteiger partial charge in [0.25, 0.3) is 0 Å². The van der Waals surface area contributed by atoms with E-state index in [2.05, 4.69) is 66.7 Å². The molecule has 6 heteroatoms. The monoisotopic (exact) mass is 360 g/mol. The summed E-state index contributed by atoms with van der Waals surface area (Å²) >= 11 is 1.83. The maximum atomic E-state index is 5.83. The molecule has 1 aromatic carbocycles. The minimum atomic E-state index is 0.151. The van der Waals surface area contributed by atoms with Gasteiger partial charge in [-0.1, -0.05) is 29.8 Å². The number of nitrogens with zero attached hydrogens (tertiary/aromatic N) is 2. The Balaban J connectivity index is 2.01. The first-order chi connectivity index (χ1) is 11.9. The van der Waals surface area contributed by atoms with Gasteiger partial charge in [0.2, 0.25) is 5.89 Å².